The molecule has 3 amide bonds. The van der Waals surface area contributed by atoms with Crippen molar-refractivity contribution < 1.29 is 18.0 Å². The highest BCUT2D eigenvalue weighted by Gasteiger charge is 2.16. The van der Waals surface area contributed by atoms with E-state index in [2.05, 4.69) is 20.9 Å². The summed E-state index contributed by atoms with van der Waals surface area (Å²) in [4.78, 5) is 26.7. The molecule has 0 bridgehead atoms. The van der Waals surface area contributed by atoms with E-state index in [1.54, 1.807) is 48.5 Å². The number of anilines is 2. The van der Waals surface area contributed by atoms with Gasteiger partial charge in [-0.05, 0) is 59.7 Å². The number of amidine groups is 1. The van der Waals surface area contributed by atoms with Gasteiger partial charge in [0.25, 0.3) is 15.9 Å². The SMILES string of the molecule is N=C(N)c1cccc(NC(=O)Nc2ccc(S(=O)(=O)NNC(=O)c3ccc(-c4ccccc4)cc3)cc2)c1. The summed E-state index contributed by atoms with van der Waals surface area (Å²) in [6.45, 7) is 0. The number of urea groups is 1. The Morgan fingerprint density at radius 1 is 0.684 bits per heavy atom. The summed E-state index contributed by atoms with van der Waals surface area (Å²) in [5.41, 5.74) is 11.1. The number of sulfonamides is 1. The first-order chi connectivity index (χ1) is 18.2. The summed E-state index contributed by atoms with van der Waals surface area (Å²) in [5.74, 6) is -0.742. The van der Waals surface area contributed by atoms with Crippen molar-refractivity contribution in [1.29, 1.82) is 5.41 Å². The molecule has 10 nitrogen and oxygen atoms in total. The number of amides is 3. The second-order valence-electron chi connectivity index (χ2n) is 8.10. The van der Waals surface area contributed by atoms with Crippen molar-refractivity contribution >= 4 is 39.2 Å². The Morgan fingerprint density at radius 2 is 1.32 bits per heavy atom. The van der Waals surface area contributed by atoms with Crippen LogP contribution in [0.5, 0.6) is 0 Å². The maximum absolute atomic E-state index is 12.6. The molecule has 0 saturated heterocycles. The van der Waals surface area contributed by atoms with Crippen molar-refractivity contribution in [2.45, 2.75) is 4.90 Å². The van der Waals surface area contributed by atoms with Gasteiger partial charge >= 0.3 is 6.03 Å². The van der Waals surface area contributed by atoms with Crippen molar-refractivity contribution in [2.75, 3.05) is 10.6 Å². The molecule has 0 heterocycles. The van der Waals surface area contributed by atoms with Crippen LogP contribution in [-0.4, -0.2) is 26.2 Å². The quantitative estimate of drug-likeness (QED) is 0.116. The van der Waals surface area contributed by atoms with Gasteiger partial charge in [-0.1, -0.05) is 54.6 Å². The molecule has 0 aromatic heterocycles. The van der Waals surface area contributed by atoms with Gasteiger partial charge in [0.05, 0.1) is 4.90 Å². The summed E-state index contributed by atoms with van der Waals surface area (Å²) < 4.78 is 25.2. The third-order valence-electron chi connectivity index (χ3n) is 5.41. The summed E-state index contributed by atoms with van der Waals surface area (Å²) in [5, 5.41) is 12.7. The molecule has 4 aromatic rings. The molecule has 0 atom stereocenters. The Balaban J connectivity index is 1.32. The summed E-state index contributed by atoms with van der Waals surface area (Å²) in [6.07, 6.45) is 0. The molecular formula is C27H24N6O4S. The molecule has 0 spiro atoms. The molecule has 0 fully saturated rings. The highest BCUT2D eigenvalue weighted by atomic mass is 32.2. The number of carbonyl (C=O) groups is 2. The van der Waals surface area contributed by atoms with Crippen LogP contribution in [0.3, 0.4) is 0 Å². The highest BCUT2D eigenvalue weighted by Crippen LogP contribution is 2.19. The maximum Gasteiger partial charge on any atom is 0.323 e. The van der Waals surface area contributed by atoms with Crippen LogP contribution in [0.25, 0.3) is 11.1 Å². The maximum atomic E-state index is 12.6. The van der Waals surface area contributed by atoms with E-state index in [4.69, 9.17) is 11.1 Å². The second-order valence-corrected chi connectivity index (χ2v) is 9.78. The minimum Gasteiger partial charge on any atom is -0.384 e. The zero-order valence-electron chi connectivity index (χ0n) is 19.9. The molecule has 0 aliphatic heterocycles. The number of rotatable bonds is 8. The molecule has 4 rings (SSSR count). The van der Waals surface area contributed by atoms with E-state index in [0.717, 1.165) is 11.1 Å². The van der Waals surface area contributed by atoms with Crippen LogP contribution in [-0.2, 0) is 10.0 Å². The van der Waals surface area contributed by atoms with Crippen molar-refractivity contribution in [3.8, 4) is 11.1 Å². The van der Waals surface area contributed by atoms with Crippen LogP contribution in [0.2, 0.25) is 0 Å². The first kappa shape index (κ1) is 26.1. The normalized spacial score (nSPS) is 10.8. The van der Waals surface area contributed by atoms with Gasteiger partial charge in [0.15, 0.2) is 0 Å². The van der Waals surface area contributed by atoms with E-state index in [0.29, 0.717) is 16.9 Å². The van der Waals surface area contributed by atoms with Gasteiger partial charge in [0.2, 0.25) is 0 Å². The lowest BCUT2D eigenvalue weighted by molar-refractivity contribution is 0.0945. The molecule has 0 aliphatic carbocycles. The number of nitrogen functional groups attached to an aromatic ring is 1. The van der Waals surface area contributed by atoms with E-state index in [9.17, 15) is 18.0 Å². The number of hydrogen-bond acceptors (Lipinski definition) is 5. The Kier molecular flexibility index (Phi) is 7.80. The average molecular weight is 529 g/mol. The van der Waals surface area contributed by atoms with Crippen molar-refractivity contribution in [3.05, 3.63) is 114 Å². The van der Waals surface area contributed by atoms with E-state index >= 15 is 0 Å². The average Bonchev–Trinajstić information content (AvgIpc) is 2.93. The number of hydrogen-bond donors (Lipinski definition) is 6. The molecular weight excluding hydrogens is 504 g/mol. The minimum atomic E-state index is -4.06. The molecule has 0 unspecified atom stereocenters. The number of hydrazine groups is 1. The number of benzene rings is 4. The standard InChI is InChI=1S/C27H24N6O4S/c28-25(29)21-7-4-8-23(17-21)31-27(35)30-22-13-15-24(16-14-22)38(36,37)33-32-26(34)20-11-9-19(10-12-20)18-5-2-1-3-6-18/h1-17,33H,(H3,28,29)(H,32,34)(H2,30,31,35). The van der Waals surface area contributed by atoms with Gasteiger partial charge in [-0.2, -0.15) is 0 Å². The molecule has 38 heavy (non-hydrogen) atoms. The fourth-order valence-electron chi connectivity index (χ4n) is 3.46. The first-order valence-electron chi connectivity index (χ1n) is 11.3. The van der Waals surface area contributed by atoms with Crippen LogP contribution in [0.15, 0.2) is 108 Å². The van der Waals surface area contributed by atoms with Gasteiger partial charge in [-0.15, -0.1) is 4.83 Å². The Morgan fingerprint density at radius 3 is 1.97 bits per heavy atom. The van der Waals surface area contributed by atoms with Gasteiger partial charge in [0, 0.05) is 22.5 Å². The van der Waals surface area contributed by atoms with Crippen LogP contribution in [0.1, 0.15) is 15.9 Å². The largest absolute Gasteiger partial charge is 0.384 e. The molecule has 4 aromatic carbocycles. The van der Waals surface area contributed by atoms with Gasteiger partial charge in [-0.3, -0.25) is 15.6 Å². The van der Waals surface area contributed by atoms with Crippen molar-refractivity contribution in [2.24, 2.45) is 5.73 Å². The topological polar surface area (TPSA) is 166 Å². The third-order valence-corrected chi connectivity index (χ3v) is 6.67. The summed E-state index contributed by atoms with van der Waals surface area (Å²) >= 11 is 0. The van der Waals surface area contributed by atoms with E-state index in [1.165, 1.54) is 24.3 Å². The minimum absolute atomic E-state index is 0.114. The number of nitrogens with one attached hydrogen (secondary N) is 5. The fraction of sp³-hybridized carbons (Fsp3) is 0. The van der Waals surface area contributed by atoms with Crippen LogP contribution in [0, 0.1) is 5.41 Å². The smallest absolute Gasteiger partial charge is 0.323 e. The lowest BCUT2D eigenvalue weighted by Crippen LogP contribution is -2.41. The van der Waals surface area contributed by atoms with Crippen molar-refractivity contribution in [1.82, 2.24) is 10.3 Å². The monoisotopic (exact) mass is 528 g/mol. The molecule has 11 heteroatoms. The molecule has 192 valence electrons. The Labute approximate surface area is 219 Å². The Hall–Kier alpha value is -5.00. The van der Waals surface area contributed by atoms with Gasteiger partial charge < -0.3 is 16.4 Å². The highest BCUT2D eigenvalue weighted by molar-refractivity contribution is 7.89. The zero-order valence-corrected chi connectivity index (χ0v) is 20.8. The summed E-state index contributed by atoms with van der Waals surface area (Å²) in [6, 6.07) is 27.7. The van der Waals surface area contributed by atoms with Crippen LogP contribution >= 0.6 is 0 Å². The summed E-state index contributed by atoms with van der Waals surface area (Å²) in [7, 11) is -4.06. The zero-order chi connectivity index (χ0) is 27.1. The van der Waals surface area contributed by atoms with Gasteiger partial charge in [0.1, 0.15) is 5.84 Å². The lowest BCUT2D eigenvalue weighted by Gasteiger charge is -2.11. The third kappa shape index (κ3) is 6.60. The first-order valence-corrected chi connectivity index (χ1v) is 12.8. The molecule has 0 aliphatic rings. The van der Waals surface area contributed by atoms with Crippen LogP contribution < -0.4 is 26.6 Å². The van der Waals surface area contributed by atoms with E-state index in [1.807, 2.05) is 30.3 Å². The second kappa shape index (κ2) is 11.4. The lowest BCUT2D eigenvalue weighted by atomic mass is 10.0. The van der Waals surface area contributed by atoms with Crippen molar-refractivity contribution in [3.63, 3.8) is 0 Å². The molecule has 0 saturated carbocycles. The fourth-order valence-corrected chi connectivity index (χ4v) is 4.30. The number of carbonyl (C=O) groups excluding carboxylic acids is 2. The van der Waals surface area contributed by atoms with Gasteiger partial charge in [-0.25, -0.2) is 13.2 Å². The molecule has 7 N–H and O–H groups in total. The predicted molar refractivity (Wildman–Crippen MR) is 146 cm³/mol. The number of nitrogens with two attached hydrogens (primary N) is 1. The van der Waals surface area contributed by atoms with E-state index in [-0.39, 0.29) is 16.3 Å². The molecule has 0 radical (unpaired) electrons. The van der Waals surface area contributed by atoms with Crippen LogP contribution in [0.4, 0.5) is 16.2 Å². The van der Waals surface area contributed by atoms with E-state index < -0.39 is 22.0 Å². The Bertz CT molecular complexity index is 1570. The predicted octanol–water partition coefficient (Wildman–Crippen LogP) is 3.90.